The molecule has 0 atom stereocenters. The molecule has 2 N–H and O–H groups in total. The molecule has 0 saturated heterocycles. The van der Waals surface area contributed by atoms with Gasteiger partial charge in [-0.1, -0.05) is 0 Å². The Morgan fingerprint density at radius 1 is 1.27 bits per heavy atom. The fourth-order valence-corrected chi connectivity index (χ4v) is 1.36. The van der Waals surface area contributed by atoms with Gasteiger partial charge in [0.15, 0.2) is 5.82 Å². The molecule has 0 aliphatic heterocycles. The highest BCUT2D eigenvalue weighted by Gasteiger charge is 2.04. The summed E-state index contributed by atoms with van der Waals surface area (Å²) in [6.45, 7) is 6.08. The Morgan fingerprint density at radius 2 is 2.07 bits per heavy atom. The van der Waals surface area contributed by atoms with Gasteiger partial charge in [-0.05, 0) is 38.0 Å². The Bertz CT molecular complexity index is 473. The zero-order valence-electron chi connectivity index (χ0n) is 9.13. The Morgan fingerprint density at radius 3 is 2.73 bits per heavy atom. The van der Waals surface area contributed by atoms with E-state index in [1.165, 1.54) is 5.56 Å². The minimum atomic E-state index is 0.800. The molecule has 0 aliphatic rings. The SMILES string of the molecule is Cc1cc(Nc2nccc(C)c2C)n[nH]1. The van der Waals surface area contributed by atoms with Gasteiger partial charge in [0.2, 0.25) is 0 Å². The molecule has 78 valence electrons. The van der Waals surface area contributed by atoms with E-state index in [1.54, 1.807) is 6.20 Å². The summed E-state index contributed by atoms with van der Waals surface area (Å²) in [6, 6.07) is 3.94. The molecule has 0 radical (unpaired) electrons. The molecule has 2 aromatic rings. The van der Waals surface area contributed by atoms with Crippen LogP contribution in [-0.2, 0) is 0 Å². The van der Waals surface area contributed by atoms with Crippen molar-refractivity contribution in [2.24, 2.45) is 0 Å². The number of aromatic amines is 1. The zero-order valence-corrected chi connectivity index (χ0v) is 9.13. The maximum atomic E-state index is 4.28. The van der Waals surface area contributed by atoms with Crippen LogP contribution in [0.4, 0.5) is 11.6 Å². The third-order valence-corrected chi connectivity index (χ3v) is 2.43. The molecule has 2 aromatic heterocycles. The fourth-order valence-electron chi connectivity index (χ4n) is 1.36. The molecule has 0 bridgehead atoms. The number of nitrogens with zero attached hydrogens (tertiary/aromatic N) is 2. The van der Waals surface area contributed by atoms with Gasteiger partial charge in [-0.3, -0.25) is 5.10 Å². The molecule has 15 heavy (non-hydrogen) atoms. The van der Waals surface area contributed by atoms with Crippen molar-refractivity contribution in [1.82, 2.24) is 15.2 Å². The lowest BCUT2D eigenvalue weighted by Gasteiger charge is -2.07. The largest absolute Gasteiger partial charge is 0.323 e. The number of anilines is 2. The highest BCUT2D eigenvalue weighted by molar-refractivity contribution is 5.57. The summed E-state index contributed by atoms with van der Waals surface area (Å²) in [5.41, 5.74) is 3.40. The number of hydrogen-bond donors (Lipinski definition) is 2. The molecule has 4 nitrogen and oxygen atoms in total. The number of nitrogens with one attached hydrogen (secondary N) is 2. The second-order valence-electron chi connectivity index (χ2n) is 3.66. The molecule has 0 fully saturated rings. The van der Waals surface area contributed by atoms with Crippen LogP contribution in [-0.4, -0.2) is 15.2 Å². The van der Waals surface area contributed by atoms with Crippen molar-refractivity contribution >= 4 is 11.6 Å². The van der Waals surface area contributed by atoms with Gasteiger partial charge in [-0.25, -0.2) is 4.98 Å². The van der Waals surface area contributed by atoms with Gasteiger partial charge in [0, 0.05) is 18.0 Å². The summed E-state index contributed by atoms with van der Waals surface area (Å²) in [5, 5.41) is 10.2. The van der Waals surface area contributed by atoms with Crippen LogP contribution < -0.4 is 5.32 Å². The maximum absolute atomic E-state index is 4.28. The van der Waals surface area contributed by atoms with Crippen molar-refractivity contribution in [2.75, 3.05) is 5.32 Å². The molecular formula is C11H14N4. The highest BCUT2D eigenvalue weighted by atomic mass is 15.2. The van der Waals surface area contributed by atoms with Gasteiger partial charge in [-0.15, -0.1) is 0 Å². The number of H-pyrrole nitrogens is 1. The van der Waals surface area contributed by atoms with Gasteiger partial charge >= 0.3 is 0 Å². The molecular weight excluding hydrogens is 188 g/mol. The van der Waals surface area contributed by atoms with Crippen LogP contribution >= 0.6 is 0 Å². The summed E-state index contributed by atoms with van der Waals surface area (Å²) in [6.07, 6.45) is 1.80. The molecule has 0 spiro atoms. The molecule has 0 saturated carbocycles. The molecule has 2 rings (SSSR count). The highest BCUT2D eigenvalue weighted by Crippen LogP contribution is 2.18. The van der Waals surface area contributed by atoms with Gasteiger partial charge < -0.3 is 5.32 Å². The van der Waals surface area contributed by atoms with E-state index >= 15 is 0 Å². The van der Waals surface area contributed by atoms with Gasteiger partial charge in [0.05, 0.1) is 0 Å². The van der Waals surface area contributed by atoms with E-state index < -0.39 is 0 Å². The smallest absolute Gasteiger partial charge is 0.153 e. The molecule has 2 heterocycles. The monoisotopic (exact) mass is 202 g/mol. The average Bonchev–Trinajstić information content (AvgIpc) is 2.59. The number of rotatable bonds is 2. The van der Waals surface area contributed by atoms with E-state index in [-0.39, 0.29) is 0 Å². The summed E-state index contributed by atoms with van der Waals surface area (Å²) >= 11 is 0. The third kappa shape index (κ3) is 1.98. The van der Waals surface area contributed by atoms with E-state index in [0.29, 0.717) is 0 Å². The van der Waals surface area contributed by atoms with Crippen molar-refractivity contribution in [3.8, 4) is 0 Å². The predicted molar refractivity (Wildman–Crippen MR) is 60.3 cm³/mol. The summed E-state index contributed by atoms with van der Waals surface area (Å²) < 4.78 is 0. The van der Waals surface area contributed by atoms with E-state index in [0.717, 1.165) is 22.9 Å². The Kier molecular flexibility index (Phi) is 2.41. The lowest BCUT2D eigenvalue weighted by atomic mass is 10.2. The number of aromatic nitrogens is 3. The summed E-state index contributed by atoms with van der Waals surface area (Å²) in [7, 11) is 0. The first-order valence-electron chi connectivity index (χ1n) is 4.88. The standard InChI is InChI=1S/C11H14N4/c1-7-4-5-12-11(9(7)3)13-10-6-8(2)14-15-10/h4-6H,1-3H3,(H2,12,13,14,15). The quantitative estimate of drug-likeness (QED) is 0.786. The molecule has 0 unspecified atom stereocenters. The van der Waals surface area contributed by atoms with E-state index in [1.807, 2.05) is 26.0 Å². The number of hydrogen-bond acceptors (Lipinski definition) is 3. The maximum Gasteiger partial charge on any atom is 0.153 e. The third-order valence-electron chi connectivity index (χ3n) is 2.43. The van der Waals surface area contributed by atoms with E-state index in [9.17, 15) is 0 Å². The van der Waals surface area contributed by atoms with Crippen molar-refractivity contribution in [1.29, 1.82) is 0 Å². The van der Waals surface area contributed by atoms with Crippen molar-refractivity contribution < 1.29 is 0 Å². The van der Waals surface area contributed by atoms with Crippen LogP contribution in [0, 0.1) is 20.8 Å². The van der Waals surface area contributed by atoms with Crippen molar-refractivity contribution in [2.45, 2.75) is 20.8 Å². The zero-order chi connectivity index (χ0) is 10.8. The molecule has 0 aromatic carbocycles. The summed E-state index contributed by atoms with van der Waals surface area (Å²) in [5.74, 6) is 1.66. The van der Waals surface area contributed by atoms with Crippen molar-refractivity contribution in [3.05, 3.63) is 35.2 Å². The Balaban J connectivity index is 2.28. The topological polar surface area (TPSA) is 53.6 Å². The van der Waals surface area contributed by atoms with Crippen LogP contribution in [0.25, 0.3) is 0 Å². The predicted octanol–water partition coefficient (Wildman–Crippen LogP) is 2.47. The minimum Gasteiger partial charge on any atom is -0.323 e. The van der Waals surface area contributed by atoms with E-state index in [4.69, 9.17) is 0 Å². The second-order valence-corrected chi connectivity index (χ2v) is 3.66. The summed E-state index contributed by atoms with van der Waals surface area (Å²) in [4.78, 5) is 4.28. The van der Waals surface area contributed by atoms with Crippen molar-refractivity contribution in [3.63, 3.8) is 0 Å². The fraction of sp³-hybridized carbons (Fsp3) is 0.273. The van der Waals surface area contributed by atoms with Gasteiger partial charge in [-0.2, -0.15) is 5.10 Å². The Hall–Kier alpha value is -1.84. The first kappa shape index (κ1) is 9.71. The van der Waals surface area contributed by atoms with Crippen LogP contribution in [0.5, 0.6) is 0 Å². The average molecular weight is 202 g/mol. The molecule has 0 amide bonds. The first-order valence-corrected chi connectivity index (χ1v) is 4.88. The van der Waals surface area contributed by atoms with E-state index in [2.05, 4.69) is 27.4 Å². The molecule has 0 aliphatic carbocycles. The van der Waals surface area contributed by atoms with Crippen LogP contribution in [0.15, 0.2) is 18.3 Å². The first-order chi connectivity index (χ1) is 7.16. The van der Waals surface area contributed by atoms with Crippen LogP contribution in [0.2, 0.25) is 0 Å². The Labute approximate surface area is 88.8 Å². The van der Waals surface area contributed by atoms with Gasteiger partial charge in [0.1, 0.15) is 5.82 Å². The second kappa shape index (κ2) is 3.73. The van der Waals surface area contributed by atoms with Crippen LogP contribution in [0.1, 0.15) is 16.8 Å². The normalized spacial score (nSPS) is 10.3. The lowest BCUT2D eigenvalue weighted by Crippen LogP contribution is -1.97. The van der Waals surface area contributed by atoms with Crippen LogP contribution in [0.3, 0.4) is 0 Å². The number of pyridine rings is 1. The molecule has 4 heteroatoms. The number of aryl methyl sites for hydroxylation is 2. The minimum absolute atomic E-state index is 0.800. The van der Waals surface area contributed by atoms with Gasteiger partial charge in [0.25, 0.3) is 0 Å². The lowest BCUT2D eigenvalue weighted by molar-refractivity contribution is 1.05.